The summed E-state index contributed by atoms with van der Waals surface area (Å²) in [5.74, 6) is 0.333. The van der Waals surface area contributed by atoms with Crippen molar-refractivity contribution in [2.24, 2.45) is 11.7 Å². The summed E-state index contributed by atoms with van der Waals surface area (Å²) in [5, 5.41) is 3.24. The summed E-state index contributed by atoms with van der Waals surface area (Å²) >= 11 is 0. The molecule has 1 fully saturated rings. The van der Waals surface area contributed by atoms with Gasteiger partial charge in [0.05, 0.1) is 0 Å². The normalized spacial score (nSPS) is 18.7. The Labute approximate surface area is 109 Å². The second-order valence-electron chi connectivity index (χ2n) is 5.16. The number of nitrogens with zero attached hydrogens (tertiary/aromatic N) is 1. The van der Waals surface area contributed by atoms with E-state index in [0.717, 1.165) is 32.5 Å². The average Bonchev–Trinajstić information content (AvgIpc) is 2.29. The largest absolute Gasteiger partial charge is 0.370 e. The van der Waals surface area contributed by atoms with E-state index in [1.807, 2.05) is 18.7 Å². The van der Waals surface area contributed by atoms with Crippen LogP contribution in [0.3, 0.4) is 0 Å². The zero-order chi connectivity index (χ0) is 13.5. The standard InChI is InChI=1S/C13H25N3O2/c1-3-15-10(2)8-13(18)16-6-4-11(5-7-16)9-12(14)17/h10-11,15H,3-9H2,1-2H3,(H2,14,17). The van der Waals surface area contributed by atoms with Gasteiger partial charge in [-0.2, -0.15) is 0 Å². The van der Waals surface area contributed by atoms with Crippen molar-refractivity contribution < 1.29 is 9.59 Å². The van der Waals surface area contributed by atoms with Crippen LogP contribution in [0.25, 0.3) is 0 Å². The summed E-state index contributed by atoms with van der Waals surface area (Å²) in [6, 6.07) is 0.228. The molecule has 0 aliphatic carbocycles. The van der Waals surface area contributed by atoms with Crippen molar-refractivity contribution in [3.05, 3.63) is 0 Å². The Morgan fingerprint density at radius 3 is 2.50 bits per heavy atom. The van der Waals surface area contributed by atoms with Crippen molar-refractivity contribution in [3.63, 3.8) is 0 Å². The highest BCUT2D eigenvalue weighted by atomic mass is 16.2. The molecule has 3 N–H and O–H groups in total. The molecule has 1 atom stereocenters. The van der Waals surface area contributed by atoms with Crippen LogP contribution in [0.2, 0.25) is 0 Å². The van der Waals surface area contributed by atoms with Crippen LogP contribution < -0.4 is 11.1 Å². The Balaban J connectivity index is 2.29. The Morgan fingerprint density at radius 2 is 2.00 bits per heavy atom. The van der Waals surface area contributed by atoms with E-state index in [1.54, 1.807) is 0 Å². The molecule has 0 aromatic heterocycles. The quantitative estimate of drug-likeness (QED) is 0.725. The van der Waals surface area contributed by atoms with Crippen molar-refractivity contribution in [3.8, 4) is 0 Å². The van der Waals surface area contributed by atoms with E-state index in [2.05, 4.69) is 5.32 Å². The van der Waals surface area contributed by atoms with E-state index in [9.17, 15) is 9.59 Å². The number of likely N-dealkylation sites (tertiary alicyclic amines) is 1. The van der Waals surface area contributed by atoms with Gasteiger partial charge in [-0.3, -0.25) is 9.59 Å². The summed E-state index contributed by atoms with van der Waals surface area (Å²) in [4.78, 5) is 24.7. The van der Waals surface area contributed by atoms with Crippen LogP contribution in [0.4, 0.5) is 0 Å². The van der Waals surface area contributed by atoms with Gasteiger partial charge in [0, 0.05) is 32.0 Å². The van der Waals surface area contributed by atoms with Crippen LogP contribution in [-0.4, -0.2) is 42.4 Å². The molecule has 1 heterocycles. The van der Waals surface area contributed by atoms with Crippen LogP contribution in [0.15, 0.2) is 0 Å². The molecular formula is C13H25N3O2. The number of nitrogens with one attached hydrogen (secondary N) is 1. The van der Waals surface area contributed by atoms with Gasteiger partial charge < -0.3 is 16.0 Å². The maximum absolute atomic E-state index is 12.0. The molecule has 18 heavy (non-hydrogen) atoms. The average molecular weight is 255 g/mol. The third-order valence-corrected chi connectivity index (χ3v) is 3.49. The van der Waals surface area contributed by atoms with E-state index in [1.165, 1.54) is 0 Å². The fourth-order valence-electron chi connectivity index (χ4n) is 2.48. The lowest BCUT2D eigenvalue weighted by Gasteiger charge is -2.32. The van der Waals surface area contributed by atoms with E-state index in [0.29, 0.717) is 18.8 Å². The molecule has 1 aliphatic rings. The predicted molar refractivity (Wildman–Crippen MR) is 70.9 cm³/mol. The van der Waals surface area contributed by atoms with Gasteiger partial charge in [-0.25, -0.2) is 0 Å². The van der Waals surface area contributed by atoms with Gasteiger partial charge in [0.1, 0.15) is 0 Å². The third kappa shape index (κ3) is 5.04. The highest BCUT2D eigenvalue weighted by Gasteiger charge is 2.24. The first kappa shape index (κ1) is 15.0. The van der Waals surface area contributed by atoms with Gasteiger partial charge in [-0.05, 0) is 32.2 Å². The van der Waals surface area contributed by atoms with Gasteiger partial charge in [0.2, 0.25) is 11.8 Å². The SMILES string of the molecule is CCNC(C)CC(=O)N1CCC(CC(N)=O)CC1. The van der Waals surface area contributed by atoms with E-state index >= 15 is 0 Å². The number of nitrogens with two attached hydrogens (primary N) is 1. The van der Waals surface area contributed by atoms with E-state index < -0.39 is 0 Å². The molecular weight excluding hydrogens is 230 g/mol. The van der Waals surface area contributed by atoms with Gasteiger partial charge in [0.15, 0.2) is 0 Å². The highest BCUT2D eigenvalue weighted by molar-refractivity contribution is 5.77. The number of amides is 2. The molecule has 2 amide bonds. The van der Waals surface area contributed by atoms with Gasteiger partial charge >= 0.3 is 0 Å². The summed E-state index contributed by atoms with van der Waals surface area (Å²) in [6.45, 7) is 6.47. The maximum atomic E-state index is 12.0. The summed E-state index contributed by atoms with van der Waals surface area (Å²) in [6.07, 6.45) is 2.79. The minimum Gasteiger partial charge on any atom is -0.370 e. The zero-order valence-corrected chi connectivity index (χ0v) is 11.4. The minimum atomic E-state index is -0.236. The van der Waals surface area contributed by atoms with Gasteiger partial charge in [-0.15, -0.1) is 0 Å². The molecule has 1 unspecified atom stereocenters. The summed E-state index contributed by atoms with van der Waals surface area (Å²) in [7, 11) is 0. The number of hydrogen-bond donors (Lipinski definition) is 2. The highest BCUT2D eigenvalue weighted by Crippen LogP contribution is 2.20. The Hall–Kier alpha value is -1.10. The predicted octanol–water partition coefficient (Wildman–Crippen LogP) is 0.489. The Morgan fingerprint density at radius 1 is 1.39 bits per heavy atom. The van der Waals surface area contributed by atoms with Crippen molar-refractivity contribution in [1.29, 1.82) is 0 Å². The van der Waals surface area contributed by atoms with Crippen LogP contribution >= 0.6 is 0 Å². The molecule has 1 aliphatic heterocycles. The van der Waals surface area contributed by atoms with Crippen molar-refractivity contribution >= 4 is 11.8 Å². The minimum absolute atomic E-state index is 0.209. The monoisotopic (exact) mass is 255 g/mol. The van der Waals surface area contributed by atoms with Crippen molar-refractivity contribution in [2.75, 3.05) is 19.6 Å². The molecule has 5 heteroatoms. The van der Waals surface area contributed by atoms with Gasteiger partial charge in [0.25, 0.3) is 0 Å². The number of piperidine rings is 1. The number of carbonyl (C=O) groups excluding carboxylic acids is 2. The first-order chi connectivity index (χ1) is 8.52. The first-order valence-corrected chi connectivity index (χ1v) is 6.82. The number of rotatable bonds is 6. The number of carbonyl (C=O) groups is 2. The summed E-state index contributed by atoms with van der Waals surface area (Å²) in [5.41, 5.74) is 5.19. The number of hydrogen-bond acceptors (Lipinski definition) is 3. The van der Waals surface area contributed by atoms with E-state index in [-0.39, 0.29) is 17.9 Å². The van der Waals surface area contributed by atoms with Crippen LogP contribution in [0, 0.1) is 5.92 Å². The fourth-order valence-corrected chi connectivity index (χ4v) is 2.48. The van der Waals surface area contributed by atoms with Gasteiger partial charge in [-0.1, -0.05) is 6.92 Å². The molecule has 0 aromatic rings. The van der Waals surface area contributed by atoms with Crippen LogP contribution in [0.5, 0.6) is 0 Å². The van der Waals surface area contributed by atoms with E-state index in [4.69, 9.17) is 5.73 Å². The third-order valence-electron chi connectivity index (χ3n) is 3.49. The molecule has 0 radical (unpaired) electrons. The molecule has 0 aromatic carbocycles. The maximum Gasteiger partial charge on any atom is 0.224 e. The fraction of sp³-hybridized carbons (Fsp3) is 0.846. The molecule has 1 rings (SSSR count). The van der Waals surface area contributed by atoms with Crippen LogP contribution in [0.1, 0.15) is 39.5 Å². The molecule has 0 spiro atoms. The molecule has 1 saturated heterocycles. The first-order valence-electron chi connectivity index (χ1n) is 6.82. The van der Waals surface area contributed by atoms with Crippen molar-refractivity contribution in [1.82, 2.24) is 10.2 Å². The second-order valence-corrected chi connectivity index (χ2v) is 5.16. The molecule has 104 valence electrons. The topological polar surface area (TPSA) is 75.4 Å². The van der Waals surface area contributed by atoms with Crippen molar-refractivity contribution in [2.45, 2.75) is 45.6 Å². The second kappa shape index (κ2) is 7.36. The summed E-state index contributed by atoms with van der Waals surface area (Å²) < 4.78 is 0. The molecule has 5 nitrogen and oxygen atoms in total. The Kier molecular flexibility index (Phi) is 6.12. The lowest BCUT2D eigenvalue weighted by atomic mass is 9.93. The number of primary amides is 1. The lowest BCUT2D eigenvalue weighted by Crippen LogP contribution is -2.42. The smallest absolute Gasteiger partial charge is 0.224 e. The Bertz CT molecular complexity index is 286. The zero-order valence-electron chi connectivity index (χ0n) is 11.4. The van der Waals surface area contributed by atoms with Crippen LogP contribution in [-0.2, 0) is 9.59 Å². The lowest BCUT2D eigenvalue weighted by molar-refractivity contribution is -0.133. The molecule has 0 bridgehead atoms. The molecule has 0 saturated carbocycles.